The van der Waals surface area contributed by atoms with Crippen LogP contribution in [0.3, 0.4) is 0 Å². The topological polar surface area (TPSA) is 49.3 Å². The smallest absolute Gasteiger partial charge is 0.335 e. The molecule has 1 aromatic heterocycles. The summed E-state index contributed by atoms with van der Waals surface area (Å²) in [5.41, 5.74) is 2.52. The SMILES string of the molecule is C[C@H]1CC(Nc2cccc(C(=O)O)c2)c2ccsc2S1. The van der Waals surface area contributed by atoms with Crippen molar-refractivity contribution in [2.24, 2.45) is 0 Å². The quantitative estimate of drug-likeness (QED) is 0.877. The van der Waals surface area contributed by atoms with Gasteiger partial charge in [-0.2, -0.15) is 0 Å². The van der Waals surface area contributed by atoms with Crippen molar-refractivity contribution in [1.82, 2.24) is 0 Å². The molecule has 1 aliphatic rings. The third-order valence-electron chi connectivity index (χ3n) is 3.36. The van der Waals surface area contributed by atoms with Gasteiger partial charge in [-0.3, -0.25) is 0 Å². The van der Waals surface area contributed by atoms with Gasteiger partial charge in [-0.15, -0.1) is 23.1 Å². The molecular formula is C15H15NO2S2. The molecule has 3 nitrogen and oxygen atoms in total. The summed E-state index contributed by atoms with van der Waals surface area (Å²) in [5.74, 6) is -0.891. The fraction of sp³-hybridized carbons (Fsp3) is 0.267. The van der Waals surface area contributed by atoms with Gasteiger partial charge in [0, 0.05) is 10.9 Å². The summed E-state index contributed by atoms with van der Waals surface area (Å²) in [5, 5.41) is 15.2. The number of carbonyl (C=O) groups is 1. The number of hydrogen-bond donors (Lipinski definition) is 2. The van der Waals surface area contributed by atoms with E-state index in [9.17, 15) is 4.79 Å². The Balaban J connectivity index is 1.85. The predicted octanol–water partition coefficient (Wildman–Crippen LogP) is 4.48. The van der Waals surface area contributed by atoms with E-state index in [4.69, 9.17) is 5.11 Å². The number of benzene rings is 1. The van der Waals surface area contributed by atoms with E-state index in [2.05, 4.69) is 23.7 Å². The second-order valence-corrected chi connectivity index (χ2v) is 7.53. The molecule has 0 bridgehead atoms. The summed E-state index contributed by atoms with van der Waals surface area (Å²) < 4.78 is 1.37. The minimum absolute atomic E-state index is 0.261. The average Bonchev–Trinajstić information content (AvgIpc) is 2.87. The lowest BCUT2D eigenvalue weighted by Crippen LogP contribution is -2.19. The Morgan fingerprint density at radius 2 is 2.25 bits per heavy atom. The van der Waals surface area contributed by atoms with E-state index in [0.29, 0.717) is 10.8 Å². The molecule has 0 fully saturated rings. The van der Waals surface area contributed by atoms with Gasteiger partial charge in [0.25, 0.3) is 0 Å². The van der Waals surface area contributed by atoms with Gasteiger partial charge in [0.1, 0.15) is 0 Å². The van der Waals surface area contributed by atoms with Gasteiger partial charge >= 0.3 is 5.97 Å². The van der Waals surface area contributed by atoms with Crippen LogP contribution in [0.5, 0.6) is 0 Å². The zero-order valence-electron chi connectivity index (χ0n) is 11.0. The van der Waals surface area contributed by atoms with Gasteiger partial charge in [0.2, 0.25) is 0 Å². The molecule has 20 heavy (non-hydrogen) atoms. The maximum absolute atomic E-state index is 11.0. The molecule has 1 unspecified atom stereocenters. The van der Waals surface area contributed by atoms with Crippen LogP contribution >= 0.6 is 23.1 Å². The summed E-state index contributed by atoms with van der Waals surface area (Å²) in [4.78, 5) is 11.0. The molecule has 0 aliphatic carbocycles. The molecule has 2 atom stereocenters. The van der Waals surface area contributed by atoms with Crippen LogP contribution in [-0.2, 0) is 0 Å². The number of fused-ring (bicyclic) bond motifs is 1. The van der Waals surface area contributed by atoms with Crippen molar-refractivity contribution in [2.45, 2.75) is 28.8 Å². The number of rotatable bonds is 3. The van der Waals surface area contributed by atoms with E-state index in [1.807, 2.05) is 17.8 Å². The Labute approximate surface area is 126 Å². The van der Waals surface area contributed by atoms with Gasteiger partial charge in [0.15, 0.2) is 0 Å². The molecule has 0 saturated carbocycles. The van der Waals surface area contributed by atoms with E-state index < -0.39 is 5.97 Å². The molecule has 2 aromatic rings. The first kappa shape index (κ1) is 13.5. The first-order chi connectivity index (χ1) is 9.63. The van der Waals surface area contributed by atoms with Crippen molar-refractivity contribution in [3.8, 4) is 0 Å². The van der Waals surface area contributed by atoms with Crippen molar-refractivity contribution in [3.63, 3.8) is 0 Å². The predicted molar refractivity (Wildman–Crippen MR) is 84.0 cm³/mol. The maximum atomic E-state index is 11.0. The van der Waals surface area contributed by atoms with Crippen LogP contribution in [0.1, 0.15) is 35.3 Å². The van der Waals surface area contributed by atoms with Crippen molar-refractivity contribution in [1.29, 1.82) is 0 Å². The highest BCUT2D eigenvalue weighted by atomic mass is 32.2. The first-order valence-electron chi connectivity index (χ1n) is 6.47. The Bertz CT molecular complexity index is 638. The standard InChI is InChI=1S/C15H15NO2S2/c1-9-7-13(12-5-6-19-15(12)20-9)16-11-4-2-3-10(8-11)14(17)18/h2-6,8-9,13,16H,7H2,1H3,(H,17,18)/t9-,13?/m0/s1. The highest BCUT2D eigenvalue weighted by Gasteiger charge is 2.26. The van der Waals surface area contributed by atoms with Crippen LogP contribution in [0.15, 0.2) is 39.9 Å². The molecular weight excluding hydrogens is 290 g/mol. The number of hydrogen-bond acceptors (Lipinski definition) is 4. The number of thiophene rings is 1. The van der Waals surface area contributed by atoms with E-state index in [-0.39, 0.29) is 6.04 Å². The highest BCUT2D eigenvalue weighted by molar-refractivity contribution is 8.01. The minimum Gasteiger partial charge on any atom is -0.478 e. The summed E-state index contributed by atoms with van der Waals surface area (Å²) >= 11 is 3.71. The zero-order chi connectivity index (χ0) is 14.1. The van der Waals surface area contributed by atoms with Gasteiger partial charge in [-0.25, -0.2) is 4.79 Å². The van der Waals surface area contributed by atoms with E-state index in [1.165, 1.54) is 9.77 Å². The Morgan fingerprint density at radius 3 is 3.05 bits per heavy atom. The zero-order valence-corrected chi connectivity index (χ0v) is 12.6. The molecule has 2 heterocycles. The van der Waals surface area contributed by atoms with Gasteiger partial charge < -0.3 is 10.4 Å². The van der Waals surface area contributed by atoms with E-state index in [0.717, 1.165) is 12.1 Å². The van der Waals surface area contributed by atoms with Crippen LogP contribution in [-0.4, -0.2) is 16.3 Å². The van der Waals surface area contributed by atoms with Crippen LogP contribution in [0.2, 0.25) is 0 Å². The summed E-state index contributed by atoms with van der Waals surface area (Å²) in [6.45, 7) is 2.23. The van der Waals surface area contributed by atoms with Crippen LogP contribution in [0, 0.1) is 0 Å². The number of nitrogens with one attached hydrogen (secondary N) is 1. The third kappa shape index (κ3) is 2.69. The lowest BCUT2D eigenvalue weighted by Gasteiger charge is -2.28. The number of thioether (sulfide) groups is 1. The summed E-state index contributed by atoms with van der Waals surface area (Å²) in [6.07, 6.45) is 1.05. The normalized spacial score (nSPS) is 21.2. The molecule has 0 amide bonds. The second kappa shape index (κ2) is 5.50. The Kier molecular flexibility index (Phi) is 3.72. The second-order valence-electron chi connectivity index (χ2n) is 4.91. The number of carboxylic acids is 1. The number of carboxylic acid groups (broad SMARTS) is 1. The molecule has 0 spiro atoms. The molecule has 104 valence electrons. The number of anilines is 1. The third-order valence-corrected chi connectivity index (χ3v) is 5.70. The van der Waals surface area contributed by atoms with Crippen molar-refractivity contribution >= 4 is 34.8 Å². The van der Waals surface area contributed by atoms with Gasteiger partial charge in [-0.05, 0) is 41.6 Å². The fourth-order valence-corrected chi connectivity index (χ4v) is 5.00. The molecule has 1 aromatic carbocycles. The maximum Gasteiger partial charge on any atom is 0.335 e. The molecule has 3 rings (SSSR count). The van der Waals surface area contributed by atoms with Crippen LogP contribution < -0.4 is 5.32 Å². The van der Waals surface area contributed by atoms with E-state index >= 15 is 0 Å². The Morgan fingerprint density at radius 1 is 1.40 bits per heavy atom. The summed E-state index contributed by atoms with van der Waals surface area (Å²) in [7, 11) is 0. The highest BCUT2D eigenvalue weighted by Crippen LogP contribution is 2.44. The minimum atomic E-state index is -0.891. The molecule has 0 radical (unpaired) electrons. The number of aromatic carboxylic acids is 1. The molecule has 0 saturated heterocycles. The molecule has 2 N–H and O–H groups in total. The van der Waals surface area contributed by atoms with Crippen molar-refractivity contribution in [3.05, 3.63) is 46.8 Å². The van der Waals surface area contributed by atoms with E-state index in [1.54, 1.807) is 29.5 Å². The molecule has 1 aliphatic heterocycles. The summed E-state index contributed by atoms with van der Waals surface area (Å²) in [6, 6.07) is 9.43. The van der Waals surface area contributed by atoms with Crippen molar-refractivity contribution < 1.29 is 9.90 Å². The van der Waals surface area contributed by atoms with Crippen LogP contribution in [0.25, 0.3) is 0 Å². The monoisotopic (exact) mass is 305 g/mol. The first-order valence-corrected chi connectivity index (χ1v) is 8.23. The van der Waals surface area contributed by atoms with Crippen LogP contribution in [0.4, 0.5) is 5.69 Å². The fourth-order valence-electron chi connectivity index (χ4n) is 2.43. The molecule has 5 heteroatoms. The largest absolute Gasteiger partial charge is 0.478 e. The lowest BCUT2D eigenvalue weighted by atomic mass is 10.0. The van der Waals surface area contributed by atoms with Gasteiger partial charge in [-0.1, -0.05) is 13.0 Å². The average molecular weight is 305 g/mol. The van der Waals surface area contributed by atoms with Crippen molar-refractivity contribution in [2.75, 3.05) is 5.32 Å². The lowest BCUT2D eigenvalue weighted by molar-refractivity contribution is 0.0697. The van der Waals surface area contributed by atoms with Gasteiger partial charge in [0.05, 0.1) is 15.8 Å². The Hall–Kier alpha value is -1.46.